The van der Waals surface area contributed by atoms with Crippen molar-refractivity contribution in [1.29, 1.82) is 5.26 Å². The molecule has 0 bridgehead atoms. The van der Waals surface area contributed by atoms with Gasteiger partial charge in [0.25, 0.3) is 0 Å². The number of fused-ring (bicyclic) bond motifs is 1. The molecule has 1 aromatic carbocycles. The molecule has 1 saturated heterocycles. The van der Waals surface area contributed by atoms with Gasteiger partial charge in [0.2, 0.25) is 5.95 Å². The number of aromatic nitrogens is 3. The van der Waals surface area contributed by atoms with Crippen LogP contribution in [0.4, 0.5) is 19.1 Å². The highest BCUT2D eigenvalue weighted by Crippen LogP contribution is 2.40. The van der Waals surface area contributed by atoms with Crippen LogP contribution in [0.2, 0.25) is 0 Å². The van der Waals surface area contributed by atoms with E-state index in [1.54, 1.807) is 18.2 Å². The van der Waals surface area contributed by atoms with E-state index in [2.05, 4.69) is 25.6 Å². The molecule has 0 radical (unpaired) electrons. The molecule has 0 unspecified atom stereocenters. The van der Waals surface area contributed by atoms with Gasteiger partial charge in [-0.05, 0) is 44.2 Å². The lowest BCUT2D eigenvalue weighted by Crippen LogP contribution is -2.58. The summed E-state index contributed by atoms with van der Waals surface area (Å²) < 4.78 is 41.1. The molecular weight excluding hydrogens is 405 g/mol. The number of halogens is 3. The predicted octanol–water partition coefficient (Wildman–Crippen LogP) is 4.60. The van der Waals surface area contributed by atoms with E-state index >= 15 is 0 Å². The van der Waals surface area contributed by atoms with Crippen LogP contribution in [0, 0.1) is 11.3 Å². The summed E-state index contributed by atoms with van der Waals surface area (Å²) in [5.74, 6) is 0.183. The van der Waals surface area contributed by atoms with Crippen LogP contribution in [0.25, 0.3) is 22.2 Å². The summed E-state index contributed by atoms with van der Waals surface area (Å²) in [5, 5.41) is 16.4. The maximum Gasteiger partial charge on any atom is 0.419 e. The Morgan fingerprint density at radius 2 is 2.06 bits per heavy atom. The predicted molar refractivity (Wildman–Crippen MR) is 110 cm³/mol. The van der Waals surface area contributed by atoms with E-state index in [0.717, 1.165) is 25.6 Å². The van der Waals surface area contributed by atoms with Crippen molar-refractivity contribution < 1.29 is 13.2 Å². The third-order valence-electron chi connectivity index (χ3n) is 6.50. The van der Waals surface area contributed by atoms with Gasteiger partial charge < -0.3 is 15.6 Å². The molecule has 2 fully saturated rings. The van der Waals surface area contributed by atoms with Crippen molar-refractivity contribution in [2.24, 2.45) is 0 Å². The van der Waals surface area contributed by atoms with Crippen molar-refractivity contribution in [2.75, 3.05) is 11.9 Å². The van der Waals surface area contributed by atoms with E-state index < -0.39 is 11.7 Å². The molecule has 1 saturated carbocycles. The van der Waals surface area contributed by atoms with Gasteiger partial charge in [0.1, 0.15) is 5.56 Å². The molecule has 6 nitrogen and oxygen atoms in total. The largest absolute Gasteiger partial charge is 0.419 e. The topological polar surface area (TPSA) is 89.4 Å². The molecule has 1 aliphatic heterocycles. The van der Waals surface area contributed by atoms with Crippen LogP contribution in [-0.4, -0.2) is 33.1 Å². The molecule has 2 aromatic heterocycles. The number of alkyl halides is 3. The maximum atomic E-state index is 13.7. The molecule has 3 aromatic rings. The number of nitrogens with zero attached hydrogens (tertiary/aromatic N) is 3. The third kappa shape index (κ3) is 3.61. The third-order valence-corrected chi connectivity index (χ3v) is 6.50. The first-order valence-electron chi connectivity index (χ1n) is 10.3. The summed E-state index contributed by atoms with van der Waals surface area (Å²) in [4.78, 5) is 11.2. The summed E-state index contributed by atoms with van der Waals surface area (Å²) in [6, 6.07) is 6.92. The van der Waals surface area contributed by atoms with Crippen LogP contribution < -0.4 is 10.6 Å². The minimum atomic E-state index is -4.59. The number of anilines is 1. The second kappa shape index (κ2) is 7.24. The fourth-order valence-electron chi connectivity index (χ4n) is 4.57. The van der Waals surface area contributed by atoms with Gasteiger partial charge in [-0.2, -0.15) is 18.4 Å². The summed E-state index contributed by atoms with van der Waals surface area (Å²) in [6.07, 6.45) is 3.35. The Kier molecular flexibility index (Phi) is 4.63. The number of hydrogen-bond acceptors (Lipinski definition) is 5. The standard InChI is InChI=1S/C22H21F3N6/c23-22(24,25)17-12-28-20(30-14-4-7-21(29-10-14)5-1-6-21)31-19(17)16-11-27-18-8-13(9-26)2-3-15(16)18/h2-3,8,11-12,14,27,29H,1,4-7,10H2,(H,28,30,31)/t14-/m0/s1. The molecule has 2 aliphatic rings. The Balaban J connectivity index is 1.48. The van der Waals surface area contributed by atoms with Crippen molar-refractivity contribution in [3.8, 4) is 17.3 Å². The van der Waals surface area contributed by atoms with Gasteiger partial charge in [-0.3, -0.25) is 0 Å². The molecular formula is C22H21F3N6. The molecule has 31 heavy (non-hydrogen) atoms. The highest BCUT2D eigenvalue weighted by molar-refractivity contribution is 5.96. The lowest BCUT2D eigenvalue weighted by atomic mass is 9.71. The summed E-state index contributed by atoms with van der Waals surface area (Å²) in [6.45, 7) is 0.740. The molecule has 9 heteroatoms. The van der Waals surface area contributed by atoms with E-state index in [9.17, 15) is 13.2 Å². The fraction of sp³-hybridized carbons (Fsp3) is 0.409. The second-order valence-corrected chi connectivity index (χ2v) is 8.42. The number of nitriles is 1. The van der Waals surface area contributed by atoms with Crippen LogP contribution in [0.3, 0.4) is 0 Å². The van der Waals surface area contributed by atoms with Gasteiger partial charge in [-0.1, -0.05) is 6.07 Å². The summed E-state index contributed by atoms with van der Waals surface area (Å²) >= 11 is 0. The molecule has 160 valence electrons. The SMILES string of the molecule is N#Cc1ccc2c(-c3nc(N[C@H]4CCC5(CCC5)NC4)ncc3C(F)(F)F)c[nH]c2c1. The van der Waals surface area contributed by atoms with Gasteiger partial charge in [0, 0.05) is 47.0 Å². The van der Waals surface area contributed by atoms with Crippen molar-refractivity contribution in [3.05, 3.63) is 41.7 Å². The maximum absolute atomic E-state index is 13.7. The van der Waals surface area contributed by atoms with Gasteiger partial charge in [0.05, 0.1) is 17.3 Å². The highest BCUT2D eigenvalue weighted by Gasteiger charge is 2.40. The van der Waals surface area contributed by atoms with E-state index in [-0.39, 0.29) is 23.2 Å². The minimum Gasteiger partial charge on any atom is -0.360 e. The summed E-state index contributed by atoms with van der Waals surface area (Å²) in [7, 11) is 0. The molecule has 1 aliphatic carbocycles. The second-order valence-electron chi connectivity index (χ2n) is 8.42. The summed E-state index contributed by atoms with van der Waals surface area (Å²) in [5.41, 5.74) is 0.524. The lowest BCUT2D eigenvalue weighted by Gasteiger charge is -2.47. The normalized spacial score (nSPS) is 20.4. The first-order chi connectivity index (χ1) is 14.9. The van der Waals surface area contributed by atoms with E-state index in [1.807, 2.05) is 6.07 Å². The first-order valence-corrected chi connectivity index (χ1v) is 10.3. The molecule has 3 heterocycles. The van der Waals surface area contributed by atoms with Crippen LogP contribution in [0.15, 0.2) is 30.6 Å². The van der Waals surface area contributed by atoms with E-state index in [4.69, 9.17) is 5.26 Å². The smallest absolute Gasteiger partial charge is 0.360 e. The Labute approximate surface area is 176 Å². The minimum absolute atomic E-state index is 0.0666. The van der Waals surface area contributed by atoms with Gasteiger partial charge >= 0.3 is 6.18 Å². The highest BCUT2D eigenvalue weighted by atomic mass is 19.4. The molecule has 3 N–H and O–H groups in total. The number of nitrogens with one attached hydrogen (secondary N) is 3. The zero-order valence-corrected chi connectivity index (χ0v) is 16.7. The van der Waals surface area contributed by atoms with Crippen molar-refractivity contribution in [2.45, 2.75) is 49.9 Å². The van der Waals surface area contributed by atoms with Gasteiger partial charge in [0.15, 0.2) is 0 Å². The van der Waals surface area contributed by atoms with Gasteiger partial charge in [-0.25, -0.2) is 9.97 Å². The average Bonchev–Trinajstić information content (AvgIpc) is 3.15. The van der Waals surface area contributed by atoms with Crippen LogP contribution in [-0.2, 0) is 6.18 Å². The van der Waals surface area contributed by atoms with Crippen LogP contribution >= 0.6 is 0 Å². The Morgan fingerprint density at radius 3 is 2.71 bits per heavy atom. The van der Waals surface area contributed by atoms with E-state index in [1.165, 1.54) is 25.5 Å². The Bertz CT molecular complexity index is 1160. The first kappa shape index (κ1) is 19.8. The molecule has 1 spiro atoms. The van der Waals surface area contributed by atoms with Gasteiger partial charge in [-0.15, -0.1) is 0 Å². The fourth-order valence-corrected chi connectivity index (χ4v) is 4.57. The molecule has 0 amide bonds. The zero-order chi connectivity index (χ0) is 21.6. The van der Waals surface area contributed by atoms with E-state index in [0.29, 0.717) is 22.0 Å². The van der Waals surface area contributed by atoms with Crippen molar-refractivity contribution >= 4 is 16.9 Å². The molecule has 1 atom stereocenters. The van der Waals surface area contributed by atoms with Crippen LogP contribution in [0.1, 0.15) is 43.2 Å². The number of piperidine rings is 1. The lowest BCUT2D eigenvalue weighted by molar-refractivity contribution is -0.137. The monoisotopic (exact) mass is 426 g/mol. The van der Waals surface area contributed by atoms with Crippen molar-refractivity contribution in [1.82, 2.24) is 20.3 Å². The quantitative estimate of drug-likeness (QED) is 0.570. The van der Waals surface area contributed by atoms with Crippen molar-refractivity contribution in [3.63, 3.8) is 0 Å². The Hall–Kier alpha value is -3.12. The zero-order valence-electron chi connectivity index (χ0n) is 16.7. The Morgan fingerprint density at radius 1 is 1.23 bits per heavy atom. The van der Waals surface area contributed by atoms with Crippen LogP contribution in [0.5, 0.6) is 0 Å². The number of aromatic amines is 1. The average molecular weight is 426 g/mol. The number of benzene rings is 1. The molecule has 5 rings (SSSR count). The number of rotatable bonds is 3. The number of H-pyrrole nitrogens is 1. The number of hydrogen-bond donors (Lipinski definition) is 3.